The van der Waals surface area contributed by atoms with Gasteiger partial charge >= 0.3 is 0 Å². The zero-order valence-corrected chi connectivity index (χ0v) is 8.76. The maximum absolute atomic E-state index is 11.2. The van der Waals surface area contributed by atoms with E-state index in [9.17, 15) is 4.79 Å². The highest BCUT2D eigenvalue weighted by Crippen LogP contribution is 2.18. The molecule has 0 unspecified atom stereocenters. The fourth-order valence-corrected chi connectivity index (χ4v) is 1.39. The smallest absolute Gasteiger partial charge is 0.160 e. The summed E-state index contributed by atoms with van der Waals surface area (Å²) in [5.74, 6) is 0.826. The van der Waals surface area contributed by atoms with Gasteiger partial charge in [0.2, 0.25) is 0 Å². The summed E-state index contributed by atoms with van der Waals surface area (Å²) in [6.45, 7) is 3.60. The number of benzene rings is 1. The second-order valence-electron chi connectivity index (χ2n) is 3.03. The molecule has 3 nitrogen and oxygen atoms in total. The molecule has 0 heterocycles. The third-order valence-electron chi connectivity index (χ3n) is 2.06. The monoisotopic (exact) mass is 193 g/mol. The molecule has 0 aliphatic rings. The molecule has 14 heavy (non-hydrogen) atoms. The summed E-state index contributed by atoms with van der Waals surface area (Å²) >= 11 is 0. The summed E-state index contributed by atoms with van der Waals surface area (Å²) in [4.78, 5) is 16.4. The molecule has 0 atom stereocenters. The molecule has 1 aromatic rings. The van der Waals surface area contributed by atoms with Crippen LogP contribution in [0.15, 0.2) is 18.2 Å². The number of Topliss-reactive ketones (excluding diaryl/α,β-unsaturated/α-hetero) is 1. The Hall–Kier alpha value is -1.35. The number of rotatable bonds is 4. The van der Waals surface area contributed by atoms with Crippen LogP contribution in [0.3, 0.4) is 0 Å². The highest BCUT2D eigenvalue weighted by Gasteiger charge is 2.06. The topological polar surface area (TPSA) is 38.3 Å². The summed E-state index contributed by atoms with van der Waals surface area (Å²) in [6, 6.07) is 5.47. The molecule has 0 aliphatic heterocycles. The highest BCUT2D eigenvalue weighted by molar-refractivity contribution is 5.95. The molecule has 0 fully saturated rings. The summed E-state index contributed by atoms with van der Waals surface area (Å²) in [6.07, 6.45) is 0.829. The quantitative estimate of drug-likeness (QED) is 0.587. The summed E-state index contributed by atoms with van der Waals surface area (Å²) in [5, 5.41) is 0. The standard InChI is InChI=1S/C11H15NO2/c1-4-9-7-10(14-12-3)5-6-11(9)8(2)13/h5-7,12H,4H2,1-3H3. The molecule has 76 valence electrons. The minimum atomic E-state index is 0.0952. The van der Waals surface area contributed by atoms with Crippen LogP contribution in [-0.4, -0.2) is 12.8 Å². The molecule has 0 bridgehead atoms. The lowest BCUT2D eigenvalue weighted by atomic mass is 10.0. The van der Waals surface area contributed by atoms with Crippen LogP contribution >= 0.6 is 0 Å². The summed E-state index contributed by atoms with van der Waals surface area (Å²) < 4.78 is 0. The fraction of sp³-hybridized carbons (Fsp3) is 0.364. The Kier molecular flexibility index (Phi) is 3.65. The Balaban J connectivity index is 3.05. The molecular formula is C11H15NO2. The minimum absolute atomic E-state index is 0.0952. The van der Waals surface area contributed by atoms with Gasteiger partial charge in [-0.15, -0.1) is 0 Å². The number of carbonyl (C=O) groups excluding carboxylic acids is 1. The van der Waals surface area contributed by atoms with Gasteiger partial charge in [0.15, 0.2) is 5.78 Å². The number of ketones is 1. The van der Waals surface area contributed by atoms with Gasteiger partial charge in [0.1, 0.15) is 5.75 Å². The van der Waals surface area contributed by atoms with E-state index in [0.717, 1.165) is 23.3 Å². The predicted molar refractivity (Wildman–Crippen MR) is 55.5 cm³/mol. The molecule has 1 N–H and O–H groups in total. The normalized spacial score (nSPS) is 9.93. The van der Waals surface area contributed by atoms with E-state index in [0.29, 0.717) is 0 Å². The Labute approximate surface area is 84.0 Å². The lowest BCUT2D eigenvalue weighted by Gasteiger charge is -2.08. The molecule has 0 radical (unpaired) electrons. The number of hydrogen-bond acceptors (Lipinski definition) is 3. The van der Waals surface area contributed by atoms with Crippen LogP contribution in [0.25, 0.3) is 0 Å². The van der Waals surface area contributed by atoms with Crippen molar-refractivity contribution in [2.75, 3.05) is 7.05 Å². The number of aryl methyl sites for hydroxylation is 1. The number of nitrogens with one attached hydrogen (secondary N) is 1. The van der Waals surface area contributed by atoms with E-state index in [1.165, 1.54) is 0 Å². The van der Waals surface area contributed by atoms with E-state index in [1.807, 2.05) is 13.0 Å². The second kappa shape index (κ2) is 4.77. The molecule has 3 heteroatoms. The van der Waals surface area contributed by atoms with E-state index >= 15 is 0 Å². The fourth-order valence-electron chi connectivity index (χ4n) is 1.39. The van der Waals surface area contributed by atoms with Crippen molar-refractivity contribution in [3.05, 3.63) is 29.3 Å². The van der Waals surface area contributed by atoms with Gasteiger partial charge in [0.25, 0.3) is 0 Å². The zero-order chi connectivity index (χ0) is 10.6. The van der Waals surface area contributed by atoms with Crippen molar-refractivity contribution in [1.29, 1.82) is 0 Å². The van der Waals surface area contributed by atoms with E-state index in [1.54, 1.807) is 26.1 Å². The highest BCUT2D eigenvalue weighted by atomic mass is 16.6. The molecule has 0 saturated heterocycles. The zero-order valence-electron chi connectivity index (χ0n) is 8.76. The van der Waals surface area contributed by atoms with Crippen molar-refractivity contribution in [1.82, 2.24) is 5.48 Å². The maximum Gasteiger partial charge on any atom is 0.160 e. The average Bonchev–Trinajstić information content (AvgIpc) is 2.17. The van der Waals surface area contributed by atoms with E-state index in [4.69, 9.17) is 4.84 Å². The van der Waals surface area contributed by atoms with Gasteiger partial charge in [-0.25, -0.2) is 0 Å². The van der Waals surface area contributed by atoms with Gasteiger partial charge in [0, 0.05) is 12.6 Å². The maximum atomic E-state index is 11.2. The van der Waals surface area contributed by atoms with Crippen molar-refractivity contribution in [2.45, 2.75) is 20.3 Å². The third kappa shape index (κ3) is 2.33. The predicted octanol–water partition coefficient (Wildman–Crippen LogP) is 1.96. The van der Waals surface area contributed by atoms with Gasteiger partial charge < -0.3 is 4.84 Å². The van der Waals surface area contributed by atoms with Gasteiger partial charge in [-0.1, -0.05) is 6.92 Å². The molecule has 0 saturated carbocycles. The van der Waals surface area contributed by atoms with Crippen molar-refractivity contribution in [2.24, 2.45) is 0 Å². The Morgan fingerprint density at radius 3 is 2.71 bits per heavy atom. The van der Waals surface area contributed by atoms with Crippen LogP contribution in [0.4, 0.5) is 0 Å². The molecule has 0 aromatic heterocycles. The second-order valence-corrected chi connectivity index (χ2v) is 3.03. The lowest BCUT2D eigenvalue weighted by molar-refractivity contribution is 0.101. The largest absolute Gasteiger partial charge is 0.409 e. The van der Waals surface area contributed by atoms with Gasteiger partial charge in [-0.2, -0.15) is 5.48 Å². The molecule has 0 amide bonds. The lowest BCUT2D eigenvalue weighted by Crippen LogP contribution is -2.11. The summed E-state index contributed by atoms with van der Waals surface area (Å²) in [5.41, 5.74) is 4.39. The van der Waals surface area contributed by atoms with Gasteiger partial charge in [0.05, 0.1) is 0 Å². The van der Waals surface area contributed by atoms with Crippen LogP contribution in [-0.2, 0) is 6.42 Å². The minimum Gasteiger partial charge on any atom is -0.409 e. The first kappa shape index (κ1) is 10.7. The molecule has 1 rings (SSSR count). The van der Waals surface area contributed by atoms with Crippen LogP contribution in [0.5, 0.6) is 5.75 Å². The first-order chi connectivity index (χ1) is 6.69. The molecule has 0 aliphatic carbocycles. The van der Waals surface area contributed by atoms with Crippen molar-refractivity contribution in [3.63, 3.8) is 0 Å². The Morgan fingerprint density at radius 2 is 2.21 bits per heavy atom. The third-order valence-corrected chi connectivity index (χ3v) is 2.06. The number of carbonyl (C=O) groups is 1. The van der Waals surface area contributed by atoms with Crippen LogP contribution in [0, 0.1) is 0 Å². The SMILES string of the molecule is CCc1cc(ONC)ccc1C(C)=O. The van der Waals surface area contributed by atoms with E-state index in [2.05, 4.69) is 5.48 Å². The van der Waals surface area contributed by atoms with Gasteiger partial charge in [-0.3, -0.25) is 4.79 Å². The summed E-state index contributed by atoms with van der Waals surface area (Å²) in [7, 11) is 1.70. The number of hydroxylamine groups is 1. The van der Waals surface area contributed by atoms with Gasteiger partial charge in [-0.05, 0) is 37.1 Å². The number of hydrogen-bond donors (Lipinski definition) is 1. The molecular weight excluding hydrogens is 178 g/mol. The first-order valence-corrected chi connectivity index (χ1v) is 4.66. The average molecular weight is 193 g/mol. The molecule has 0 spiro atoms. The first-order valence-electron chi connectivity index (χ1n) is 4.66. The van der Waals surface area contributed by atoms with Crippen molar-refractivity contribution in [3.8, 4) is 5.75 Å². The van der Waals surface area contributed by atoms with E-state index in [-0.39, 0.29) is 5.78 Å². The van der Waals surface area contributed by atoms with Crippen LogP contribution in [0.2, 0.25) is 0 Å². The Morgan fingerprint density at radius 1 is 1.50 bits per heavy atom. The van der Waals surface area contributed by atoms with Crippen LogP contribution in [0.1, 0.15) is 29.8 Å². The van der Waals surface area contributed by atoms with Crippen molar-refractivity contribution >= 4 is 5.78 Å². The Bertz CT molecular complexity index is 334. The van der Waals surface area contributed by atoms with E-state index < -0.39 is 0 Å². The molecule has 1 aromatic carbocycles. The van der Waals surface area contributed by atoms with Crippen LogP contribution < -0.4 is 10.3 Å². The van der Waals surface area contributed by atoms with Crippen molar-refractivity contribution < 1.29 is 9.63 Å².